The smallest absolute Gasteiger partial charge is 0.286 e. The van der Waals surface area contributed by atoms with Crippen molar-refractivity contribution in [2.24, 2.45) is 29.2 Å². The predicted octanol–water partition coefficient (Wildman–Crippen LogP) is 6.78. The van der Waals surface area contributed by atoms with E-state index in [2.05, 4.69) is 43.4 Å². The number of rotatable bonds is 4. The minimum absolute atomic E-state index is 0.0226. The molecule has 1 N–H and O–H groups in total. The monoisotopic (exact) mass is 707 g/mol. The summed E-state index contributed by atoms with van der Waals surface area (Å²) >= 11 is 6.46. The molecular formula is C37H46ClN5O5S. The zero-order valence-electron chi connectivity index (χ0n) is 28.5. The minimum atomic E-state index is -3.53. The summed E-state index contributed by atoms with van der Waals surface area (Å²) in [5.74, 6) is 0.0548. The van der Waals surface area contributed by atoms with Gasteiger partial charge < -0.3 is 14.4 Å². The van der Waals surface area contributed by atoms with Crippen LogP contribution in [0, 0.1) is 17.8 Å². The number of aryl methyl sites for hydroxylation is 2. The van der Waals surface area contributed by atoms with Gasteiger partial charge in [-0.15, -0.1) is 4.36 Å². The molecule has 5 atom stereocenters. The number of hydrogen-bond acceptors (Lipinski definition) is 7. The predicted molar refractivity (Wildman–Crippen MR) is 192 cm³/mol. The fourth-order valence-corrected chi connectivity index (χ4v) is 9.29. The summed E-state index contributed by atoms with van der Waals surface area (Å²) in [5.41, 5.74) is 3.69. The van der Waals surface area contributed by atoms with Gasteiger partial charge in [-0.05, 0) is 97.7 Å². The molecule has 6 rings (SSSR count). The summed E-state index contributed by atoms with van der Waals surface area (Å²) in [7, 11) is -0.0788. The maximum Gasteiger partial charge on any atom is 0.286 e. The molecule has 10 nitrogen and oxygen atoms in total. The van der Waals surface area contributed by atoms with E-state index in [1.54, 1.807) is 20.2 Å². The van der Waals surface area contributed by atoms with Gasteiger partial charge in [-0.2, -0.15) is 5.10 Å². The molecule has 3 aliphatic rings. The lowest BCUT2D eigenvalue weighted by molar-refractivity contribution is 0.0133. The molecule has 1 saturated carbocycles. The summed E-state index contributed by atoms with van der Waals surface area (Å²) in [6.45, 7) is 3.88. The normalized spacial score (nSPS) is 26.9. The third-order valence-corrected chi connectivity index (χ3v) is 12.2. The number of hydrogen-bond donors (Lipinski definition) is 1. The summed E-state index contributed by atoms with van der Waals surface area (Å²) in [6.07, 6.45) is 13.2. The highest BCUT2D eigenvalue weighted by atomic mass is 35.5. The van der Waals surface area contributed by atoms with Crippen molar-refractivity contribution in [1.82, 2.24) is 14.5 Å². The number of nitrogens with one attached hydrogen (secondary N) is 1. The van der Waals surface area contributed by atoms with E-state index in [1.165, 1.54) is 28.2 Å². The number of nitrogens with zero attached hydrogens (tertiary/aromatic N) is 4. The van der Waals surface area contributed by atoms with Crippen molar-refractivity contribution in [3.8, 4) is 5.75 Å². The van der Waals surface area contributed by atoms with Crippen LogP contribution in [0.2, 0.25) is 5.02 Å². The average molecular weight is 708 g/mol. The van der Waals surface area contributed by atoms with Crippen LogP contribution in [0.25, 0.3) is 0 Å². The number of aromatic nitrogens is 2. The number of methoxy groups -OCH3 is 1. The van der Waals surface area contributed by atoms with Gasteiger partial charge in [0.1, 0.15) is 15.7 Å². The molecule has 2 aromatic carbocycles. The van der Waals surface area contributed by atoms with Crippen LogP contribution in [0.15, 0.2) is 65.3 Å². The Kier molecular flexibility index (Phi) is 11.1. The molecule has 0 radical (unpaired) electrons. The van der Waals surface area contributed by atoms with Crippen molar-refractivity contribution in [1.29, 1.82) is 0 Å². The average Bonchev–Trinajstić information content (AvgIpc) is 3.50. The summed E-state index contributed by atoms with van der Waals surface area (Å²) in [5, 5.41) is 4.78. The highest BCUT2D eigenvalue weighted by Gasteiger charge is 2.38. The summed E-state index contributed by atoms with van der Waals surface area (Å²) in [6, 6.07) is 11.4. The number of carbonyl (C=O) groups is 2. The molecule has 12 heteroatoms. The second kappa shape index (κ2) is 15.5. The second-order valence-corrected chi connectivity index (χ2v) is 15.9. The molecule has 1 aromatic heterocycles. The largest absolute Gasteiger partial charge is 0.491 e. The minimum Gasteiger partial charge on any atom is -0.491 e. The van der Waals surface area contributed by atoms with E-state index in [1.807, 2.05) is 25.1 Å². The Labute approximate surface area is 294 Å². The molecule has 0 spiro atoms. The van der Waals surface area contributed by atoms with Gasteiger partial charge in [-0.1, -0.05) is 43.2 Å². The SMILES string of the molecule is CC[C@H]1C/C=C/[C@H](OC)[C@@H]2CC[C@H]2CN2Cc3ccc(Cl)cc3CCCCOc3ccc(cc32)C(=O)N=S(=O)(NC(=O)c2cnn(C)c2)C1. The Morgan fingerprint density at radius 3 is 2.76 bits per heavy atom. The van der Waals surface area contributed by atoms with Crippen LogP contribution in [0.4, 0.5) is 5.69 Å². The number of anilines is 1. The topological polar surface area (TPSA) is 115 Å². The summed E-state index contributed by atoms with van der Waals surface area (Å²) in [4.78, 5) is 29.6. The Morgan fingerprint density at radius 1 is 1.16 bits per heavy atom. The van der Waals surface area contributed by atoms with Crippen LogP contribution in [-0.4, -0.2) is 57.9 Å². The van der Waals surface area contributed by atoms with E-state index in [0.717, 1.165) is 44.3 Å². The van der Waals surface area contributed by atoms with Crippen molar-refractivity contribution in [2.45, 2.75) is 64.5 Å². The quantitative estimate of drug-likeness (QED) is 0.298. The van der Waals surface area contributed by atoms with Gasteiger partial charge in [0.2, 0.25) is 0 Å². The van der Waals surface area contributed by atoms with Gasteiger partial charge >= 0.3 is 0 Å². The summed E-state index contributed by atoms with van der Waals surface area (Å²) < 4.78 is 35.4. The van der Waals surface area contributed by atoms with Gasteiger partial charge in [-0.25, -0.2) is 4.21 Å². The molecule has 3 aromatic rings. The van der Waals surface area contributed by atoms with Gasteiger partial charge in [0.15, 0.2) is 0 Å². The maximum atomic E-state index is 14.6. The number of allylic oxidation sites excluding steroid dienone is 1. The Bertz CT molecular complexity index is 1830. The molecule has 1 fully saturated rings. The Balaban J connectivity index is 1.46. The highest BCUT2D eigenvalue weighted by molar-refractivity contribution is 7.92. The zero-order valence-corrected chi connectivity index (χ0v) is 30.0. The van der Waals surface area contributed by atoms with Crippen LogP contribution in [0.3, 0.4) is 0 Å². The van der Waals surface area contributed by atoms with Crippen molar-refractivity contribution in [3.63, 3.8) is 0 Å². The zero-order chi connectivity index (χ0) is 34.5. The lowest BCUT2D eigenvalue weighted by atomic mass is 9.70. The van der Waals surface area contributed by atoms with Crippen LogP contribution < -0.4 is 14.4 Å². The molecule has 3 heterocycles. The second-order valence-electron chi connectivity index (χ2n) is 13.5. The number of fused-ring (bicyclic) bond motifs is 3. The van der Waals surface area contributed by atoms with E-state index in [9.17, 15) is 13.8 Å². The molecule has 0 saturated heterocycles. The standard InChI is InChI=1S/C37H46ClN5O5S/c1-4-25-8-7-10-34(47-3)32-15-12-29(32)23-43-22-28-11-14-31(38)18-26(28)9-5-6-17-48-35-16-13-27(19-33(35)43)36(44)40-49(46,24-25)41-37(45)30-20-39-42(2)21-30/h7,10-11,13-14,16,18-21,25,29,32,34H,4-6,8-9,12,15,17,22-24H2,1-3H3,(H,40,41,44,45,46)/b10-7+/t25-,29-,32+,34-,49?/m0/s1. The van der Waals surface area contributed by atoms with E-state index >= 15 is 0 Å². The van der Waals surface area contributed by atoms with E-state index in [0.29, 0.717) is 48.6 Å². The van der Waals surface area contributed by atoms with Crippen LogP contribution in [0.5, 0.6) is 5.75 Å². The molecule has 262 valence electrons. The number of halogens is 1. The molecule has 2 bridgehead atoms. The van der Waals surface area contributed by atoms with Gasteiger partial charge in [0.25, 0.3) is 11.8 Å². The first-order valence-corrected chi connectivity index (χ1v) is 19.3. The van der Waals surface area contributed by atoms with Crippen molar-refractivity contribution in [2.75, 3.05) is 30.9 Å². The third kappa shape index (κ3) is 8.38. The first-order chi connectivity index (χ1) is 23.6. The van der Waals surface area contributed by atoms with Crippen molar-refractivity contribution in [3.05, 3.63) is 88.2 Å². The number of benzene rings is 2. The Morgan fingerprint density at radius 2 is 2.02 bits per heavy atom. The lowest BCUT2D eigenvalue weighted by Crippen LogP contribution is -2.43. The number of carbonyl (C=O) groups excluding carboxylic acids is 2. The van der Waals surface area contributed by atoms with Gasteiger partial charge in [0.05, 0.1) is 35.9 Å². The van der Waals surface area contributed by atoms with Crippen molar-refractivity contribution >= 4 is 39.0 Å². The molecule has 49 heavy (non-hydrogen) atoms. The number of ether oxygens (including phenoxy) is 2. The molecule has 1 unspecified atom stereocenters. The fourth-order valence-electron chi connectivity index (χ4n) is 7.10. The van der Waals surface area contributed by atoms with Crippen LogP contribution in [0.1, 0.15) is 77.3 Å². The van der Waals surface area contributed by atoms with E-state index in [-0.39, 0.29) is 28.9 Å². The first kappa shape index (κ1) is 35.2. The maximum absolute atomic E-state index is 14.6. The van der Waals surface area contributed by atoms with Crippen molar-refractivity contribution < 1.29 is 23.3 Å². The lowest BCUT2D eigenvalue weighted by Gasteiger charge is -2.43. The molecule has 2 amide bonds. The molecular weight excluding hydrogens is 662 g/mol. The molecule has 2 aliphatic heterocycles. The van der Waals surface area contributed by atoms with E-state index in [4.69, 9.17) is 21.1 Å². The number of amides is 2. The van der Waals surface area contributed by atoms with Gasteiger partial charge in [-0.3, -0.25) is 19.0 Å². The first-order valence-electron chi connectivity index (χ1n) is 17.2. The molecule has 1 aliphatic carbocycles. The fraction of sp³-hybridized carbons (Fsp3) is 0.486. The van der Waals surface area contributed by atoms with Crippen LogP contribution in [-0.2, 0) is 34.7 Å². The third-order valence-electron chi connectivity index (χ3n) is 10.1. The van der Waals surface area contributed by atoms with E-state index < -0.39 is 21.7 Å². The highest BCUT2D eigenvalue weighted by Crippen LogP contribution is 2.42. The van der Waals surface area contributed by atoms with Crippen LogP contribution >= 0.6 is 11.6 Å². The Hall–Kier alpha value is -3.67. The van der Waals surface area contributed by atoms with Gasteiger partial charge in [0, 0.05) is 44.0 Å².